The predicted octanol–water partition coefficient (Wildman–Crippen LogP) is 6.10. The second-order valence-electron chi connectivity index (χ2n) is 8.78. The molecular formula is C30H25FN2O2. The van der Waals surface area contributed by atoms with Crippen LogP contribution in [0.25, 0.3) is 0 Å². The molecule has 1 saturated heterocycles. The zero-order valence-electron chi connectivity index (χ0n) is 19.3. The van der Waals surface area contributed by atoms with E-state index in [1.807, 2.05) is 91.0 Å². The Morgan fingerprint density at radius 1 is 0.886 bits per heavy atom. The Morgan fingerprint density at radius 2 is 1.46 bits per heavy atom. The second-order valence-corrected chi connectivity index (χ2v) is 8.78. The standard InChI is InChI=1S/C30H25FN2O2/c1-30(20-35-28(29(34)33-30)23-15-9-4-10-16-23)25-19-24(17-18-26(25)31)32-27(21-11-5-2-6-12-21)22-13-7-3-8-14-22/h2-19,28H,20H2,1H3,(H,33,34)/t28-,30-/m0/s1. The van der Waals surface area contributed by atoms with Crippen molar-refractivity contribution in [1.29, 1.82) is 0 Å². The van der Waals surface area contributed by atoms with E-state index in [2.05, 4.69) is 5.32 Å². The molecule has 1 fully saturated rings. The maximum absolute atomic E-state index is 15.1. The van der Waals surface area contributed by atoms with Crippen LogP contribution >= 0.6 is 0 Å². The summed E-state index contributed by atoms with van der Waals surface area (Å²) >= 11 is 0. The van der Waals surface area contributed by atoms with Gasteiger partial charge in [0, 0.05) is 16.7 Å². The third-order valence-electron chi connectivity index (χ3n) is 6.16. The van der Waals surface area contributed by atoms with Gasteiger partial charge in [-0.15, -0.1) is 0 Å². The van der Waals surface area contributed by atoms with Gasteiger partial charge in [0.2, 0.25) is 0 Å². The van der Waals surface area contributed by atoms with Crippen LogP contribution in [0.1, 0.15) is 35.3 Å². The summed E-state index contributed by atoms with van der Waals surface area (Å²) in [5.74, 6) is -0.720. The molecule has 5 rings (SSSR count). The molecule has 4 nitrogen and oxygen atoms in total. The Labute approximate surface area is 204 Å². The van der Waals surface area contributed by atoms with Crippen LogP contribution in [-0.2, 0) is 15.1 Å². The first kappa shape index (κ1) is 22.7. The van der Waals surface area contributed by atoms with Gasteiger partial charge in [0.25, 0.3) is 5.91 Å². The fraction of sp³-hybridized carbons (Fsp3) is 0.133. The number of halogens is 1. The summed E-state index contributed by atoms with van der Waals surface area (Å²) < 4.78 is 21.0. The molecule has 0 radical (unpaired) electrons. The first-order valence-corrected chi connectivity index (χ1v) is 11.5. The first-order chi connectivity index (χ1) is 17.0. The summed E-state index contributed by atoms with van der Waals surface area (Å²) in [6.07, 6.45) is -0.726. The van der Waals surface area contributed by atoms with Crippen LogP contribution in [-0.4, -0.2) is 18.2 Å². The molecule has 5 heteroatoms. The van der Waals surface area contributed by atoms with Gasteiger partial charge in [-0.05, 0) is 30.7 Å². The van der Waals surface area contributed by atoms with Crippen LogP contribution in [0.15, 0.2) is 114 Å². The maximum atomic E-state index is 15.1. The van der Waals surface area contributed by atoms with Crippen molar-refractivity contribution in [2.45, 2.75) is 18.6 Å². The summed E-state index contributed by atoms with van der Waals surface area (Å²) in [7, 11) is 0. The second kappa shape index (κ2) is 9.65. The number of benzene rings is 4. The van der Waals surface area contributed by atoms with Gasteiger partial charge in [0.05, 0.1) is 23.5 Å². The van der Waals surface area contributed by atoms with E-state index in [-0.39, 0.29) is 12.5 Å². The molecule has 0 bridgehead atoms. The van der Waals surface area contributed by atoms with E-state index in [9.17, 15) is 4.79 Å². The average molecular weight is 465 g/mol. The topological polar surface area (TPSA) is 50.7 Å². The minimum Gasteiger partial charge on any atom is -0.361 e. The number of nitrogens with zero attached hydrogens (tertiary/aromatic N) is 1. The number of nitrogens with one attached hydrogen (secondary N) is 1. The van der Waals surface area contributed by atoms with Gasteiger partial charge in [0.1, 0.15) is 5.82 Å². The van der Waals surface area contributed by atoms with Crippen molar-refractivity contribution >= 4 is 17.3 Å². The Morgan fingerprint density at radius 3 is 2.03 bits per heavy atom. The number of aliphatic imine (C=N–C) groups is 1. The van der Waals surface area contributed by atoms with Crippen molar-refractivity contribution in [3.63, 3.8) is 0 Å². The predicted molar refractivity (Wildman–Crippen MR) is 135 cm³/mol. The molecule has 1 heterocycles. The van der Waals surface area contributed by atoms with E-state index >= 15 is 4.39 Å². The fourth-order valence-corrected chi connectivity index (χ4v) is 4.34. The number of carbonyl (C=O) groups is 1. The highest BCUT2D eigenvalue weighted by Gasteiger charge is 2.40. The Balaban J connectivity index is 1.50. The lowest BCUT2D eigenvalue weighted by Gasteiger charge is -2.38. The number of hydrogen-bond acceptors (Lipinski definition) is 3. The molecule has 2 atom stereocenters. The third-order valence-corrected chi connectivity index (χ3v) is 6.16. The van der Waals surface area contributed by atoms with E-state index in [1.165, 1.54) is 6.07 Å². The Hall–Kier alpha value is -4.09. The number of ether oxygens (including phenoxy) is 1. The summed E-state index contributed by atoms with van der Waals surface area (Å²) in [4.78, 5) is 17.8. The highest BCUT2D eigenvalue weighted by Crippen LogP contribution is 2.34. The lowest BCUT2D eigenvalue weighted by atomic mass is 9.89. The average Bonchev–Trinajstić information content (AvgIpc) is 2.89. The van der Waals surface area contributed by atoms with E-state index < -0.39 is 17.5 Å². The van der Waals surface area contributed by atoms with Gasteiger partial charge in [-0.1, -0.05) is 91.0 Å². The monoisotopic (exact) mass is 464 g/mol. The number of amides is 1. The van der Waals surface area contributed by atoms with Crippen LogP contribution in [0.2, 0.25) is 0 Å². The molecule has 1 N–H and O–H groups in total. The molecule has 4 aromatic carbocycles. The SMILES string of the molecule is C[C@@]1(c2cc(N=C(c3ccccc3)c3ccccc3)ccc2F)CO[C@@H](c2ccccc2)C(=O)N1. The van der Waals surface area contributed by atoms with Crippen molar-refractivity contribution < 1.29 is 13.9 Å². The highest BCUT2D eigenvalue weighted by atomic mass is 19.1. The smallest absolute Gasteiger partial charge is 0.254 e. The summed E-state index contributed by atoms with van der Waals surface area (Å²) in [5.41, 5.74) is 3.34. The molecule has 35 heavy (non-hydrogen) atoms. The maximum Gasteiger partial charge on any atom is 0.254 e. The third kappa shape index (κ3) is 4.77. The lowest BCUT2D eigenvalue weighted by molar-refractivity contribution is -0.146. The highest BCUT2D eigenvalue weighted by molar-refractivity contribution is 6.13. The van der Waals surface area contributed by atoms with E-state index in [1.54, 1.807) is 19.1 Å². The summed E-state index contributed by atoms with van der Waals surface area (Å²) in [5, 5.41) is 2.99. The largest absolute Gasteiger partial charge is 0.361 e. The minimum atomic E-state index is -1.03. The van der Waals surface area contributed by atoms with Gasteiger partial charge < -0.3 is 10.1 Å². The number of morpholine rings is 1. The molecule has 4 aromatic rings. The Kier molecular flexibility index (Phi) is 6.25. The van der Waals surface area contributed by atoms with E-state index in [0.717, 1.165) is 22.4 Å². The van der Waals surface area contributed by atoms with Crippen molar-refractivity contribution in [2.75, 3.05) is 6.61 Å². The van der Waals surface area contributed by atoms with Crippen molar-refractivity contribution in [2.24, 2.45) is 4.99 Å². The van der Waals surface area contributed by atoms with Crippen LogP contribution < -0.4 is 5.32 Å². The molecule has 0 saturated carbocycles. The van der Waals surface area contributed by atoms with E-state index in [4.69, 9.17) is 9.73 Å². The fourth-order valence-electron chi connectivity index (χ4n) is 4.34. The number of hydrogen-bond donors (Lipinski definition) is 1. The number of carbonyl (C=O) groups excluding carboxylic acids is 1. The number of rotatable bonds is 5. The molecule has 1 aliphatic heterocycles. The van der Waals surface area contributed by atoms with Crippen LogP contribution in [0, 0.1) is 5.82 Å². The lowest BCUT2D eigenvalue weighted by Crippen LogP contribution is -2.54. The van der Waals surface area contributed by atoms with Gasteiger partial charge in [0.15, 0.2) is 6.10 Å². The zero-order valence-corrected chi connectivity index (χ0v) is 19.3. The minimum absolute atomic E-state index is 0.132. The van der Waals surface area contributed by atoms with Crippen molar-refractivity contribution in [3.8, 4) is 0 Å². The molecule has 0 unspecified atom stereocenters. The van der Waals surface area contributed by atoms with Gasteiger partial charge in [-0.3, -0.25) is 4.79 Å². The molecule has 0 spiro atoms. The van der Waals surface area contributed by atoms with Crippen LogP contribution in [0.4, 0.5) is 10.1 Å². The zero-order chi connectivity index (χ0) is 24.3. The normalized spacial score (nSPS) is 19.6. The molecule has 0 aliphatic carbocycles. The summed E-state index contributed by atoms with van der Waals surface area (Å²) in [6.45, 7) is 1.90. The molecule has 1 aliphatic rings. The first-order valence-electron chi connectivity index (χ1n) is 11.5. The molecular weight excluding hydrogens is 439 g/mol. The van der Waals surface area contributed by atoms with E-state index in [0.29, 0.717) is 11.3 Å². The van der Waals surface area contributed by atoms with Crippen LogP contribution in [0.3, 0.4) is 0 Å². The van der Waals surface area contributed by atoms with Gasteiger partial charge in [-0.25, -0.2) is 9.38 Å². The van der Waals surface area contributed by atoms with Crippen molar-refractivity contribution in [1.82, 2.24) is 5.32 Å². The van der Waals surface area contributed by atoms with Gasteiger partial charge in [-0.2, -0.15) is 0 Å². The van der Waals surface area contributed by atoms with Gasteiger partial charge >= 0.3 is 0 Å². The quantitative estimate of drug-likeness (QED) is 0.363. The van der Waals surface area contributed by atoms with Crippen molar-refractivity contribution in [3.05, 3.63) is 137 Å². The molecule has 1 amide bonds. The Bertz CT molecular complexity index is 1320. The molecule has 174 valence electrons. The van der Waals surface area contributed by atoms with Crippen LogP contribution in [0.5, 0.6) is 0 Å². The summed E-state index contributed by atoms with van der Waals surface area (Å²) in [6, 6.07) is 33.8. The molecule has 0 aromatic heterocycles.